The number of nitrogens with zero attached hydrogens (tertiary/aromatic N) is 2. The summed E-state index contributed by atoms with van der Waals surface area (Å²) in [7, 11) is 0. The predicted octanol–water partition coefficient (Wildman–Crippen LogP) is 3.97. The minimum atomic E-state index is -0.222. The number of fused-ring (bicyclic) bond motifs is 1. The number of rotatable bonds is 3. The van der Waals surface area contributed by atoms with Gasteiger partial charge in [0, 0.05) is 16.5 Å². The summed E-state index contributed by atoms with van der Waals surface area (Å²) in [5.74, 6) is 0.663. The number of anilines is 1. The summed E-state index contributed by atoms with van der Waals surface area (Å²) < 4.78 is 13.3. The van der Waals surface area contributed by atoms with Crippen LogP contribution in [0, 0.1) is 12.7 Å². The van der Waals surface area contributed by atoms with Crippen LogP contribution in [0.1, 0.15) is 17.7 Å². The lowest BCUT2D eigenvalue weighted by molar-refractivity contribution is 0.478. The normalized spacial score (nSPS) is 15.8. The van der Waals surface area contributed by atoms with Crippen molar-refractivity contribution in [1.29, 1.82) is 0 Å². The molecule has 4 rings (SSSR count). The third-order valence-electron chi connectivity index (χ3n) is 4.48. The maximum Gasteiger partial charge on any atom is 0.139 e. The Kier molecular flexibility index (Phi) is 4.16. The molecule has 0 amide bonds. The minimum Gasteiger partial charge on any atom is -0.367 e. The highest BCUT2D eigenvalue weighted by atomic mass is 32.1. The number of benzene rings is 1. The Morgan fingerprint density at radius 3 is 2.67 bits per heavy atom. The van der Waals surface area contributed by atoms with Crippen molar-refractivity contribution in [2.45, 2.75) is 25.8 Å². The second-order valence-corrected chi connectivity index (χ2v) is 7.31. The number of aryl methyl sites for hydroxylation is 1. The van der Waals surface area contributed by atoms with E-state index >= 15 is 0 Å². The van der Waals surface area contributed by atoms with Crippen molar-refractivity contribution in [2.75, 3.05) is 18.4 Å². The Balaban J connectivity index is 1.81. The zero-order valence-electron chi connectivity index (χ0n) is 13.5. The quantitative estimate of drug-likeness (QED) is 0.756. The Hall–Kier alpha value is -2.05. The van der Waals surface area contributed by atoms with Crippen molar-refractivity contribution in [3.8, 4) is 11.1 Å². The first-order valence-electron chi connectivity index (χ1n) is 8.19. The van der Waals surface area contributed by atoms with Crippen molar-refractivity contribution < 1.29 is 4.39 Å². The van der Waals surface area contributed by atoms with Crippen LogP contribution < -0.4 is 10.6 Å². The molecular formula is C18H19FN4S. The van der Waals surface area contributed by atoms with Gasteiger partial charge in [0.05, 0.1) is 5.39 Å². The fourth-order valence-corrected chi connectivity index (χ4v) is 4.29. The molecule has 0 bridgehead atoms. The van der Waals surface area contributed by atoms with Crippen LogP contribution in [0.3, 0.4) is 0 Å². The van der Waals surface area contributed by atoms with Gasteiger partial charge in [-0.15, -0.1) is 11.3 Å². The third-order valence-corrected chi connectivity index (χ3v) is 5.49. The molecule has 3 heterocycles. The summed E-state index contributed by atoms with van der Waals surface area (Å²) in [5, 5.41) is 8.02. The van der Waals surface area contributed by atoms with E-state index in [0.717, 1.165) is 53.1 Å². The molecule has 0 atom stereocenters. The van der Waals surface area contributed by atoms with Gasteiger partial charge in [0.15, 0.2) is 0 Å². The highest BCUT2D eigenvalue weighted by molar-refractivity contribution is 7.19. The minimum absolute atomic E-state index is 0.222. The number of hydrogen-bond acceptors (Lipinski definition) is 5. The molecule has 1 aliphatic heterocycles. The SMILES string of the molecule is Cc1sc2ncnc(NC3CCNCC3)c2c1-c1ccc(F)cc1. The summed E-state index contributed by atoms with van der Waals surface area (Å²) in [4.78, 5) is 11.1. The van der Waals surface area contributed by atoms with Crippen LogP contribution in [0.25, 0.3) is 21.3 Å². The molecule has 1 saturated heterocycles. The van der Waals surface area contributed by atoms with Gasteiger partial charge >= 0.3 is 0 Å². The molecule has 0 aliphatic carbocycles. The monoisotopic (exact) mass is 342 g/mol. The van der Waals surface area contributed by atoms with E-state index in [9.17, 15) is 4.39 Å². The van der Waals surface area contributed by atoms with Crippen LogP contribution in [0.15, 0.2) is 30.6 Å². The average molecular weight is 342 g/mol. The van der Waals surface area contributed by atoms with Crippen LogP contribution in [0.5, 0.6) is 0 Å². The van der Waals surface area contributed by atoms with Crippen LogP contribution in [0.4, 0.5) is 10.2 Å². The van der Waals surface area contributed by atoms with Crippen molar-refractivity contribution >= 4 is 27.4 Å². The molecule has 3 aromatic rings. The van der Waals surface area contributed by atoms with Gasteiger partial charge in [0.2, 0.25) is 0 Å². The Morgan fingerprint density at radius 1 is 1.17 bits per heavy atom. The van der Waals surface area contributed by atoms with E-state index in [0.29, 0.717) is 6.04 Å². The van der Waals surface area contributed by atoms with Gasteiger partial charge in [-0.05, 0) is 50.6 Å². The second-order valence-electron chi connectivity index (χ2n) is 6.11. The van der Waals surface area contributed by atoms with Crippen molar-refractivity contribution in [2.24, 2.45) is 0 Å². The highest BCUT2D eigenvalue weighted by Gasteiger charge is 2.19. The Labute approximate surface area is 144 Å². The molecule has 0 saturated carbocycles. The average Bonchev–Trinajstić information content (AvgIpc) is 2.94. The molecule has 6 heteroatoms. The lowest BCUT2D eigenvalue weighted by atomic mass is 10.0. The predicted molar refractivity (Wildman–Crippen MR) is 97.1 cm³/mol. The first kappa shape index (κ1) is 15.5. The van der Waals surface area contributed by atoms with E-state index in [1.165, 1.54) is 17.0 Å². The molecule has 124 valence electrons. The van der Waals surface area contributed by atoms with Gasteiger partial charge in [0.25, 0.3) is 0 Å². The molecule has 0 spiro atoms. The molecule has 1 aromatic carbocycles. The third kappa shape index (κ3) is 2.87. The first-order valence-corrected chi connectivity index (χ1v) is 9.01. The second kappa shape index (κ2) is 6.45. The molecule has 2 aromatic heterocycles. The van der Waals surface area contributed by atoms with Crippen LogP contribution in [0.2, 0.25) is 0 Å². The van der Waals surface area contributed by atoms with Crippen molar-refractivity contribution in [3.05, 3.63) is 41.3 Å². The molecule has 2 N–H and O–H groups in total. The smallest absolute Gasteiger partial charge is 0.139 e. The molecule has 24 heavy (non-hydrogen) atoms. The summed E-state index contributed by atoms with van der Waals surface area (Å²) in [6.07, 6.45) is 3.79. The summed E-state index contributed by atoms with van der Waals surface area (Å²) in [6, 6.07) is 7.07. The first-order chi connectivity index (χ1) is 11.7. The number of hydrogen-bond donors (Lipinski definition) is 2. The van der Waals surface area contributed by atoms with Crippen LogP contribution >= 0.6 is 11.3 Å². The number of thiophene rings is 1. The Bertz CT molecular complexity index is 853. The molecule has 0 unspecified atom stereocenters. The summed E-state index contributed by atoms with van der Waals surface area (Å²) >= 11 is 1.66. The van der Waals surface area contributed by atoms with Crippen LogP contribution in [-0.2, 0) is 0 Å². The fraction of sp³-hybridized carbons (Fsp3) is 0.333. The largest absolute Gasteiger partial charge is 0.367 e. The van der Waals surface area contributed by atoms with Gasteiger partial charge < -0.3 is 10.6 Å². The van der Waals surface area contributed by atoms with E-state index in [2.05, 4.69) is 27.5 Å². The molecule has 1 aliphatic rings. The highest BCUT2D eigenvalue weighted by Crippen LogP contribution is 2.40. The van der Waals surface area contributed by atoms with Crippen molar-refractivity contribution in [1.82, 2.24) is 15.3 Å². The molecule has 0 radical (unpaired) electrons. The van der Waals surface area contributed by atoms with Gasteiger partial charge in [-0.2, -0.15) is 0 Å². The topological polar surface area (TPSA) is 49.8 Å². The lowest BCUT2D eigenvalue weighted by Crippen LogP contribution is -2.35. The summed E-state index contributed by atoms with van der Waals surface area (Å²) in [6.45, 7) is 4.14. The van der Waals surface area contributed by atoms with E-state index in [1.807, 2.05) is 12.1 Å². The lowest BCUT2D eigenvalue weighted by Gasteiger charge is -2.24. The molecular weight excluding hydrogens is 323 g/mol. The van der Waals surface area contributed by atoms with Crippen LogP contribution in [-0.4, -0.2) is 29.1 Å². The standard InChI is InChI=1S/C18H19FN4S/c1-11-15(12-2-4-13(19)5-3-12)16-17(21-10-22-18(16)24-11)23-14-6-8-20-9-7-14/h2-5,10,14,20H,6-9H2,1H3,(H,21,22,23). The maximum atomic E-state index is 13.3. The summed E-state index contributed by atoms with van der Waals surface area (Å²) in [5.41, 5.74) is 2.11. The van der Waals surface area contributed by atoms with E-state index in [4.69, 9.17) is 0 Å². The van der Waals surface area contributed by atoms with Gasteiger partial charge in [-0.1, -0.05) is 12.1 Å². The Morgan fingerprint density at radius 2 is 1.92 bits per heavy atom. The van der Waals surface area contributed by atoms with Gasteiger partial charge in [0.1, 0.15) is 22.8 Å². The maximum absolute atomic E-state index is 13.3. The number of aromatic nitrogens is 2. The molecule has 1 fully saturated rings. The van der Waals surface area contributed by atoms with Gasteiger partial charge in [-0.25, -0.2) is 14.4 Å². The number of halogens is 1. The zero-order chi connectivity index (χ0) is 16.5. The number of piperidine rings is 1. The number of nitrogens with one attached hydrogen (secondary N) is 2. The van der Waals surface area contributed by atoms with Gasteiger partial charge in [-0.3, -0.25) is 0 Å². The molecule has 4 nitrogen and oxygen atoms in total. The zero-order valence-corrected chi connectivity index (χ0v) is 14.3. The van der Waals surface area contributed by atoms with E-state index in [-0.39, 0.29) is 5.82 Å². The fourth-order valence-electron chi connectivity index (χ4n) is 3.28. The van der Waals surface area contributed by atoms with E-state index < -0.39 is 0 Å². The van der Waals surface area contributed by atoms with E-state index in [1.54, 1.807) is 17.7 Å². The van der Waals surface area contributed by atoms with Crippen molar-refractivity contribution in [3.63, 3.8) is 0 Å².